The highest BCUT2D eigenvalue weighted by Crippen LogP contribution is 2.20. The Kier molecular flexibility index (Phi) is 2.70. The zero-order valence-corrected chi connectivity index (χ0v) is 8.23. The molecule has 0 atom stereocenters. The Morgan fingerprint density at radius 3 is 2.50 bits per heavy atom. The van der Waals surface area contributed by atoms with Crippen molar-refractivity contribution in [2.75, 3.05) is 19.8 Å². The molecule has 0 spiro atoms. The van der Waals surface area contributed by atoms with Gasteiger partial charge in [-0.3, -0.25) is 0 Å². The lowest BCUT2D eigenvalue weighted by Crippen LogP contribution is -2.33. The molecule has 1 aliphatic rings. The molecule has 0 N–H and O–H groups in total. The van der Waals surface area contributed by atoms with Gasteiger partial charge in [0.05, 0.1) is 13.2 Å². The molecule has 0 bridgehead atoms. The van der Waals surface area contributed by atoms with E-state index in [4.69, 9.17) is 14.2 Å². The summed E-state index contributed by atoms with van der Waals surface area (Å²) in [4.78, 5) is 0. The molecule has 14 heavy (non-hydrogen) atoms. The minimum Gasteiger partial charge on any atom is -0.488 e. The third kappa shape index (κ3) is 2.25. The predicted octanol–water partition coefficient (Wildman–Crippen LogP) is 1.83. The quantitative estimate of drug-likeness (QED) is 0.734. The van der Waals surface area contributed by atoms with Crippen LogP contribution in [0, 0.1) is 0 Å². The van der Waals surface area contributed by atoms with Crippen LogP contribution >= 0.6 is 0 Å². The van der Waals surface area contributed by atoms with E-state index in [1.165, 1.54) is 0 Å². The molecular formula is C11H14O3. The number of hydrogen-bond acceptors (Lipinski definition) is 3. The van der Waals surface area contributed by atoms with Gasteiger partial charge in [-0.2, -0.15) is 0 Å². The average molecular weight is 194 g/mol. The largest absolute Gasteiger partial charge is 0.488 e. The van der Waals surface area contributed by atoms with Gasteiger partial charge in [0.2, 0.25) is 0 Å². The molecule has 1 heterocycles. The first kappa shape index (κ1) is 9.49. The van der Waals surface area contributed by atoms with Crippen molar-refractivity contribution in [3.8, 4) is 5.75 Å². The molecule has 76 valence electrons. The molecule has 0 aliphatic carbocycles. The Hall–Kier alpha value is -1.06. The zero-order valence-electron chi connectivity index (χ0n) is 8.23. The number of ether oxygens (including phenoxy) is 3. The lowest BCUT2D eigenvalue weighted by atomic mass is 10.3. The SMILES string of the molecule is CC1(COc2ccccc2)OCCO1. The Bertz CT molecular complexity index is 278. The molecule has 3 nitrogen and oxygen atoms in total. The molecule has 0 saturated carbocycles. The van der Waals surface area contributed by atoms with Crippen LogP contribution in [0.25, 0.3) is 0 Å². The average Bonchev–Trinajstić information content (AvgIpc) is 2.65. The number of rotatable bonds is 3. The number of benzene rings is 1. The summed E-state index contributed by atoms with van der Waals surface area (Å²) in [6.07, 6.45) is 0. The van der Waals surface area contributed by atoms with Crippen LogP contribution in [0.1, 0.15) is 6.92 Å². The smallest absolute Gasteiger partial charge is 0.200 e. The minimum absolute atomic E-state index is 0.428. The van der Waals surface area contributed by atoms with Crippen LogP contribution in [-0.4, -0.2) is 25.6 Å². The molecule has 0 amide bonds. The molecule has 1 aromatic rings. The zero-order chi connectivity index (χ0) is 9.86. The van der Waals surface area contributed by atoms with Crippen molar-refractivity contribution in [3.63, 3.8) is 0 Å². The van der Waals surface area contributed by atoms with E-state index in [9.17, 15) is 0 Å². The number of para-hydroxylation sites is 1. The van der Waals surface area contributed by atoms with E-state index in [1.54, 1.807) is 0 Å². The molecule has 1 saturated heterocycles. The summed E-state index contributed by atoms with van der Waals surface area (Å²) in [5.41, 5.74) is 0. The fraction of sp³-hybridized carbons (Fsp3) is 0.455. The lowest BCUT2D eigenvalue weighted by Gasteiger charge is -2.22. The van der Waals surface area contributed by atoms with Crippen molar-refractivity contribution in [3.05, 3.63) is 30.3 Å². The highest BCUT2D eigenvalue weighted by atomic mass is 16.7. The van der Waals surface area contributed by atoms with Crippen molar-refractivity contribution in [1.82, 2.24) is 0 Å². The summed E-state index contributed by atoms with van der Waals surface area (Å²) in [5.74, 6) is 0.267. The Labute approximate surface area is 83.6 Å². The van der Waals surface area contributed by atoms with Crippen LogP contribution in [0.3, 0.4) is 0 Å². The summed E-state index contributed by atoms with van der Waals surface area (Å²) < 4.78 is 16.4. The molecule has 0 unspecified atom stereocenters. The van der Waals surface area contributed by atoms with Crippen molar-refractivity contribution in [2.45, 2.75) is 12.7 Å². The standard InChI is InChI=1S/C11H14O3/c1-11(13-7-8-14-11)9-12-10-5-3-2-4-6-10/h2-6H,7-9H2,1H3. The second kappa shape index (κ2) is 3.98. The van der Waals surface area contributed by atoms with Crippen LogP contribution in [0.4, 0.5) is 0 Å². The van der Waals surface area contributed by atoms with Gasteiger partial charge in [-0.25, -0.2) is 0 Å². The minimum atomic E-state index is -0.574. The lowest BCUT2D eigenvalue weighted by molar-refractivity contribution is -0.162. The summed E-state index contributed by atoms with van der Waals surface area (Å²) in [6.45, 7) is 3.61. The van der Waals surface area contributed by atoms with Gasteiger partial charge in [-0.05, 0) is 19.1 Å². The van der Waals surface area contributed by atoms with Crippen LogP contribution in [0.5, 0.6) is 5.75 Å². The van der Waals surface area contributed by atoms with Crippen LogP contribution < -0.4 is 4.74 Å². The molecule has 1 aliphatic heterocycles. The normalized spacial score (nSPS) is 19.5. The van der Waals surface area contributed by atoms with E-state index in [-0.39, 0.29) is 0 Å². The van der Waals surface area contributed by atoms with E-state index in [1.807, 2.05) is 37.3 Å². The first-order valence-corrected chi connectivity index (χ1v) is 4.74. The summed E-state index contributed by atoms with van der Waals surface area (Å²) >= 11 is 0. The van der Waals surface area contributed by atoms with Gasteiger partial charge in [-0.1, -0.05) is 18.2 Å². The highest BCUT2D eigenvalue weighted by molar-refractivity contribution is 5.20. The van der Waals surface area contributed by atoms with Crippen LogP contribution in [0.2, 0.25) is 0 Å². The molecule has 2 rings (SSSR count). The van der Waals surface area contributed by atoms with Crippen molar-refractivity contribution in [1.29, 1.82) is 0 Å². The van der Waals surface area contributed by atoms with E-state index in [2.05, 4.69) is 0 Å². The molecule has 1 aromatic carbocycles. The van der Waals surface area contributed by atoms with E-state index in [0.717, 1.165) is 5.75 Å². The van der Waals surface area contributed by atoms with Gasteiger partial charge in [0, 0.05) is 0 Å². The second-order valence-corrected chi connectivity index (χ2v) is 3.43. The molecule has 0 aromatic heterocycles. The van der Waals surface area contributed by atoms with Gasteiger partial charge in [-0.15, -0.1) is 0 Å². The van der Waals surface area contributed by atoms with Crippen LogP contribution in [-0.2, 0) is 9.47 Å². The predicted molar refractivity (Wildman–Crippen MR) is 52.2 cm³/mol. The first-order valence-electron chi connectivity index (χ1n) is 4.74. The van der Waals surface area contributed by atoms with Gasteiger partial charge in [0.15, 0.2) is 5.79 Å². The number of hydrogen-bond donors (Lipinski definition) is 0. The van der Waals surface area contributed by atoms with Crippen LogP contribution in [0.15, 0.2) is 30.3 Å². The topological polar surface area (TPSA) is 27.7 Å². The molecular weight excluding hydrogens is 180 g/mol. The highest BCUT2D eigenvalue weighted by Gasteiger charge is 2.31. The Morgan fingerprint density at radius 1 is 1.21 bits per heavy atom. The van der Waals surface area contributed by atoms with Gasteiger partial charge < -0.3 is 14.2 Å². The second-order valence-electron chi connectivity index (χ2n) is 3.43. The van der Waals surface area contributed by atoms with Crippen molar-refractivity contribution >= 4 is 0 Å². The molecule has 0 radical (unpaired) electrons. The fourth-order valence-electron chi connectivity index (χ4n) is 1.37. The summed E-state index contributed by atoms with van der Waals surface area (Å²) in [5, 5.41) is 0. The van der Waals surface area contributed by atoms with E-state index in [0.29, 0.717) is 19.8 Å². The maximum Gasteiger partial charge on any atom is 0.200 e. The van der Waals surface area contributed by atoms with Gasteiger partial charge in [0.1, 0.15) is 12.4 Å². The molecule has 3 heteroatoms. The van der Waals surface area contributed by atoms with Crippen molar-refractivity contribution in [2.24, 2.45) is 0 Å². The monoisotopic (exact) mass is 194 g/mol. The van der Waals surface area contributed by atoms with Gasteiger partial charge >= 0.3 is 0 Å². The maximum atomic E-state index is 5.54. The molecule has 1 fully saturated rings. The Balaban J connectivity index is 1.88. The fourth-order valence-corrected chi connectivity index (χ4v) is 1.37. The van der Waals surface area contributed by atoms with E-state index >= 15 is 0 Å². The third-order valence-electron chi connectivity index (χ3n) is 2.14. The summed E-state index contributed by atoms with van der Waals surface area (Å²) in [6, 6.07) is 9.66. The summed E-state index contributed by atoms with van der Waals surface area (Å²) in [7, 11) is 0. The first-order chi connectivity index (χ1) is 6.79. The van der Waals surface area contributed by atoms with E-state index < -0.39 is 5.79 Å². The van der Waals surface area contributed by atoms with Crippen molar-refractivity contribution < 1.29 is 14.2 Å². The van der Waals surface area contributed by atoms with Gasteiger partial charge in [0.25, 0.3) is 0 Å². The third-order valence-corrected chi connectivity index (χ3v) is 2.14. The Morgan fingerprint density at radius 2 is 1.86 bits per heavy atom. The maximum absolute atomic E-state index is 5.54.